The maximum atomic E-state index is 13.5. The van der Waals surface area contributed by atoms with Gasteiger partial charge in [-0.25, -0.2) is 4.39 Å². The summed E-state index contributed by atoms with van der Waals surface area (Å²) in [6.07, 6.45) is 0. The lowest BCUT2D eigenvalue weighted by Gasteiger charge is -2.23. The van der Waals surface area contributed by atoms with E-state index in [2.05, 4.69) is 15.9 Å². The zero-order chi connectivity index (χ0) is 10.1. The van der Waals surface area contributed by atoms with E-state index in [4.69, 9.17) is 11.6 Å². The molecule has 0 unspecified atom stereocenters. The number of hydrogen-bond donors (Lipinski definition) is 0. The van der Waals surface area contributed by atoms with Crippen molar-refractivity contribution in [1.82, 2.24) is 0 Å². The summed E-state index contributed by atoms with van der Waals surface area (Å²) in [4.78, 5) is 0. The summed E-state index contributed by atoms with van der Waals surface area (Å²) in [5.41, 5.74) is 0.423. The van der Waals surface area contributed by atoms with E-state index >= 15 is 0 Å². The summed E-state index contributed by atoms with van der Waals surface area (Å²) in [6.45, 7) is 3.94. The van der Waals surface area contributed by atoms with Crippen LogP contribution in [-0.4, -0.2) is 5.33 Å². The number of benzene rings is 1. The lowest BCUT2D eigenvalue weighted by Crippen LogP contribution is -2.20. The predicted octanol–water partition coefficient (Wildman–Crippen LogP) is 4.15. The minimum Gasteiger partial charge on any atom is -0.205 e. The van der Waals surface area contributed by atoms with Gasteiger partial charge in [0.05, 0.1) is 5.02 Å². The van der Waals surface area contributed by atoms with E-state index in [0.29, 0.717) is 10.9 Å². The molecule has 0 aromatic heterocycles. The maximum absolute atomic E-state index is 13.5. The first kappa shape index (κ1) is 11.0. The van der Waals surface area contributed by atoms with Crippen molar-refractivity contribution in [1.29, 1.82) is 0 Å². The quantitative estimate of drug-likeness (QED) is 0.705. The van der Waals surface area contributed by atoms with Gasteiger partial charge < -0.3 is 0 Å². The van der Waals surface area contributed by atoms with Crippen LogP contribution in [-0.2, 0) is 5.41 Å². The highest BCUT2D eigenvalue weighted by molar-refractivity contribution is 9.09. The Labute approximate surface area is 91.2 Å². The Morgan fingerprint density at radius 2 is 2.08 bits per heavy atom. The molecule has 0 aliphatic rings. The van der Waals surface area contributed by atoms with Crippen LogP contribution in [0.5, 0.6) is 0 Å². The first-order valence-corrected chi connectivity index (χ1v) is 5.49. The molecule has 0 nitrogen and oxygen atoms in total. The highest BCUT2D eigenvalue weighted by Gasteiger charge is 2.23. The molecule has 0 aliphatic heterocycles. The summed E-state index contributed by atoms with van der Waals surface area (Å²) in [5, 5.41) is 0.892. The van der Waals surface area contributed by atoms with Gasteiger partial charge in [-0.2, -0.15) is 0 Å². The van der Waals surface area contributed by atoms with Gasteiger partial charge in [0.1, 0.15) is 5.82 Å². The molecule has 13 heavy (non-hydrogen) atoms. The molecule has 0 heterocycles. The Kier molecular flexibility index (Phi) is 3.36. The van der Waals surface area contributed by atoms with Gasteiger partial charge >= 0.3 is 0 Å². The molecule has 1 aromatic carbocycles. The Bertz CT molecular complexity index is 310. The monoisotopic (exact) mass is 264 g/mol. The molecule has 0 fully saturated rings. The van der Waals surface area contributed by atoms with E-state index < -0.39 is 0 Å². The van der Waals surface area contributed by atoms with E-state index in [1.54, 1.807) is 18.2 Å². The molecule has 0 saturated heterocycles. The first-order valence-electron chi connectivity index (χ1n) is 3.99. The molecular weight excluding hydrogens is 254 g/mol. The summed E-state index contributed by atoms with van der Waals surface area (Å²) in [5.74, 6) is -0.311. The normalized spacial score (nSPS) is 11.8. The molecule has 0 amide bonds. The highest BCUT2D eigenvalue weighted by Crippen LogP contribution is 2.30. The Balaban J connectivity index is 3.22. The van der Waals surface area contributed by atoms with Gasteiger partial charge in [0.25, 0.3) is 0 Å². The largest absolute Gasteiger partial charge is 0.205 e. The van der Waals surface area contributed by atoms with Crippen molar-refractivity contribution in [3.8, 4) is 0 Å². The topological polar surface area (TPSA) is 0 Å². The van der Waals surface area contributed by atoms with E-state index in [1.807, 2.05) is 13.8 Å². The minimum absolute atomic E-state index is 0.187. The number of rotatable bonds is 2. The smallest absolute Gasteiger partial charge is 0.145 e. The third-order valence-electron chi connectivity index (χ3n) is 2.01. The van der Waals surface area contributed by atoms with Crippen LogP contribution in [0.1, 0.15) is 19.4 Å². The zero-order valence-electron chi connectivity index (χ0n) is 7.57. The predicted molar refractivity (Wildman–Crippen MR) is 58.2 cm³/mol. The SMILES string of the molecule is CC(C)(CBr)c1cccc(Cl)c1F. The average Bonchev–Trinajstić information content (AvgIpc) is 2.09. The van der Waals surface area contributed by atoms with E-state index in [-0.39, 0.29) is 16.3 Å². The van der Waals surface area contributed by atoms with Crippen LogP contribution >= 0.6 is 27.5 Å². The third kappa shape index (κ3) is 2.23. The molecule has 1 rings (SSSR count). The van der Waals surface area contributed by atoms with Crippen LogP contribution in [0.3, 0.4) is 0 Å². The van der Waals surface area contributed by atoms with Crippen LogP contribution in [0.25, 0.3) is 0 Å². The first-order chi connectivity index (χ1) is 5.99. The number of alkyl halides is 1. The van der Waals surface area contributed by atoms with Crippen molar-refractivity contribution >= 4 is 27.5 Å². The molecule has 72 valence electrons. The Morgan fingerprint density at radius 1 is 1.46 bits per heavy atom. The van der Waals surface area contributed by atoms with Crippen molar-refractivity contribution in [2.75, 3.05) is 5.33 Å². The molecule has 0 saturated carbocycles. The minimum atomic E-state index is -0.311. The number of halogens is 3. The van der Waals surface area contributed by atoms with Crippen molar-refractivity contribution in [3.05, 3.63) is 34.6 Å². The van der Waals surface area contributed by atoms with Gasteiger partial charge in [-0.3, -0.25) is 0 Å². The van der Waals surface area contributed by atoms with Crippen molar-refractivity contribution < 1.29 is 4.39 Å². The Hall–Kier alpha value is -0.0800. The van der Waals surface area contributed by atoms with Gasteiger partial charge in [0.15, 0.2) is 0 Å². The van der Waals surface area contributed by atoms with Crippen LogP contribution < -0.4 is 0 Å². The van der Waals surface area contributed by atoms with Crippen molar-refractivity contribution in [2.45, 2.75) is 19.3 Å². The van der Waals surface area contributed by atoms with Gasteiger partial charge in [0, 0.05) is 10.7 Å². The summed E-state index contributed by atoms with van der Waals surface area (Å²) < 4.78 is 13.5. The van der Waals surface area contributed by atoms with Crippen LogP contribution in [0.4, 0.5) is 4.39 Å². The molecule has 0 aliphatic carbocycles. The number of hydrogen-bond acceptors (Lipinski definition) is 0. The molecular formula is C10H11BrClF. The zero-order valence-corrected chi connectivity index (χ0v) is 9.91. The highest BCUT2D eigenvalue weighted by atomic mass is 79.9. The second-order valence-corrected chi connectivity index (χ2v) is 4.59. The molecule has 3 heteroatoms. The molecule has 0 N–H and O–H groups in total. The van der Waals surface area contributed by atoms with Gasteiger partial charge in [-0.05, 0) is 11.6 Å². The molecule has 0 spiro atoms. The lowest BCUT2D eigenvalue weighted by molar-refractivity contribution is 0.532. The van der Waals surface area contributed by atoms with Gasteiger partial charge in [-0.15, -0.1) is 0 Å². The second kappa shape index (κ2) is 3.97. The summed E-state index contributed by atoms with van der Waals surface area (Å²) in [7, 11) is 0. The standard InChI is InChI=1S/C10H11BrClF/c1-10(2,6-11)7-4-3-5-8(12)9(7)13/h3-5H,6H2,1-2H3. The third-order valence-corrected chi connectivity index (χ3v) is 3.71. The summed E-state index contributed by atoms with van der Waals surface area (Å²) >= 11 is 9.04. The fourth-order valence-electron chi connectivity index (χ4n) is 1.10. The molecule has 1 aromatic rings. The van der Waals surface area contributed by atoms with E-state index in [1.165, 1.54) is 0 Å². The second-order valence-electron chi connectivity index (χ2n) is 3.62. The van der Waals surface area contributed by atoms with E-state index in [9.17, 15) is 4.39 Å². The molecule has 0 atom stereocenters. The molecule has 0 radical (unpaired) electrons. The van der Waals surface area contributed by atoms with Crippen molar-refractivity contribution in [2.24, 2.45) is 0 Å². The maximum Gasteiger partial charge on any atom is 0.145 e. The van der Waals surface area contributed by atoms with Gasteiger partial charge in [0.2, 0.25) is 0 Å². The lowest BCUT2D eigenvalue weighted by atomic mass is 9.87. The van der Waals surface area contributed by atoms with Crippen LogP contribution in [0.15, 0.2) is 18.2 Å². The average molecular weight is 266 g/mol. The molecule has 0 bridgehead atoms. The van der Waals surface area contributed by atoms with Crippen LogP contribution in [0, 0.1) is 5.82 Å². The van der Waals surface area contributed by atoms with Gasteiger partial charge in [-0.1, -0.05) is 53.5 Å². The summed E-state index contributed by atoms with van der Waals surface area (Å²) in [6, 6.07) is 5.10. The van der Waals surface area contributed by atoms with Crippen LogP contribution in [0.2, 0.25) is 5.02 Å². The van der Waals surface area contributed by atoms with E-state index in [0.717, 1.165) is 0 Å². The fourth-order valence-corrected chi connectivity index (χ4v) is 1.58. The van der Waals surface area contributed by atoms with Crippen molar-refractivity contribution in [3.63, 3.8) is 0 Å². The fraction of sp³-hybridized carbons (Fsp3) is 0.400. The Morgan fingerprint density at radius 3 is 2.62 bits per heavy atom.